The van der Waals surface area contributed by atoms with Crippen LogP contribution in [0.2, 0.25) is 0 Å². The quantitative estimate of drug-likeness (QED) is 0.756. The molecule has 0 aliphatic rings. The van der Waals surface area contributed by atoms with Gasteiger partial charge in [-0.1, -0.05) is 4.49 Å². The van der Waals surface area contributed by atoms with E-state index < -0.39 is 0 Å². The van der Waals surface area contributed by atoms with E-state index in [4.69, 9.17) is 16.3 Å². The molecule has 78 valence electrons. The van der Waals surface area contributed by atoms with Gasteiger partial charge in [-0.15, -0.1) is 16.7 Å². The fourth-order valence-electron chi connectivity index (χ4n) is 0.849. The van der Waals surface area contributed by atoms with E-state index in [1.54, 1.807) is 12.5 Å². The summed E-state index contributed by atoms with van der Waals surface area (Å²) in [6, 6.07) is -0.198. The van der Waals surface area contributed by atoms with Crippen molar-refractivity contribution in [1.82, 2.24) is 14.9 Å². The van der Waals surface area contributed by atoms with E-state index in [2.05, 4.69) is 14.9 Å². The highest BCUT2D eigenvalue weighted by Gasteiger charge is 2.14. The average Bonchev–Trinajstić information content (AvgIpc) is 2.69. The molecule has 0 saturated carbocycles. The molecule has 1 atom stereocenters. The van der Waals surface area contributed by atoms with Crippen LogP contribution in [0.5, 0.6) is 0 Å². The summed E-state index contributed by atoms with van der Waals surface area (Å²) >= 11 is 6.75. The summed E-state index contributed by atoms with van der Waals surface area (Å²) in [6.45, 7) is 0.382. The first-order valence-electron chi connectivity index (χ1n) is 3.90. The Morgan fingerprint density at radius 3 is 3.14 bits per heavy atom. The number of methoxy groups -OCH3 is 1. The highest BCUT2D eigenvalue weighted by molar-refractivity contribution is 7.03. The molecule has 0 aliphatic carbocycles. The van der Waals surface area contributed by atoms with Gasteiger partial charge in [-0.2, -0.15) is 0 Å². The molecule has 0 saturated heterocycles. The first kappa shape index (κ1) is 11.4. The number of carbonyl (C=O) groups is 1. The number of halogens is 1. The van der Waals surface area contributed by atoms with Crippen LogP contribution in [0.4, 0.5) is 0 Å². The Kier molecular flexibility index (Phi) is 4.78. The summed E-state index contributed by atoms with van der Waals surface area (Å²) in [5, 5.41) is 7.89. The lowest BCUT2D eigenvalue weighted by Gasteiger charge is -2.13. The minimum atomic E-state index is -0.276. The van der Waals surface area contributed by atoms with Crippen LogP contribution in [0.15, 0.2) is 5.38 Å². The van der Waals surface area contributed by atoms with Gasteiger partial charge in [0.25, 0.3) is 5.91 Å². The maximum Gasteiger partial charge on any atom is 0.273 e. The SMILES string of the molecule is COCC(CCl)NC(=O)c1csnn1. The minimum Gasteiger partial charge on any atom is -0.383 e. The number of carbonyl (C=O) groups excluding carboxylic acids is 1. The van der Waals surface area contributed by atoms with Gasteiger partial charge in [0.15, 0.2) is 5.69 Å². The molecule has 5 nitrogen and oxygen atoms in total. The van der Waals surface area contributed by atoms with Gasteiger partial charge in [0.2, 0.25) is 0 Å². The van der Waals surface area contributed by atoms with Crippen molar-refractivity contribution in [2.45, 2.75) is 6.04 Å². The Balaban J connectivity index is 2.47. The molecule has 1 N–H and O–H groups in total. The molecular formula is C7H10ClN3O2S. The van der Waals surface area contributed by atoms with Crippen LogP contribution in [-0.4, -0.2) is 41.1 Å². The number of hydrogen-bond donors (Lipinski definition) is 1. The zero-order valence-electron chi connectivity index (χ0n) is 7.57. The maximum absolute atomic E-state index is 11.4. The molecule has 1 rings (SSSR count). The number of aromatic nitrogens is 2. The Bertz CT molecular complexity index is 280. The average molecular weight is 236 g/mol. The molecule has 0 bridgehead atoms. The van der Waals surface area contributed by atoms with Crippen molar-refractivity contribution in [2.75, 3.05) is 19.6 Å². The summed E-state index contributed by atoms with van der Waals surface area (Å²) in [6.07, 6.45) is 0. The Hall–Kier alpha value is -0.720. The molecule has 0 radical (unpaired) electrons. The highest BCUT2D eigenvalue weighted by atomic mass is 35.5. The van der Waals surface area contributed by atoms with Gasteiger partial charge in [-0.3, -0.25) is 4.79 Å². The lowest BCUT2D eigenvalue weighted by atomic mass is 10.3. The fourth-order valence-corrected chi connectivity index (χ4v) is 1.45. The van der Waals surface area contributed by atoms with Crippen LogP contribution in [-0.2, 0) is 4.74 Å². The topological polar surface area (TPSA) is 64.1 Å². The molecule has 1 aromatic rings. The second-order valence-corrected chi connectivity index (χ2v) is 3.49. The maximum atomic E-state index is 11.4. The predicted octanol–water partition coefficient (Wildman–Crippen LogP) is 0.522. The second-order valence-electron chi connectivity index (χ2n) is 2.57. The summed E-state index contributed by atoms with van der Waals surface area (Å²) in [5.74, 6) is 0.0263. The molecule has 1 unspecified atom stereocenters. The van der Waals surface area contributed by atoms with E-state index in [0.29, 0.717) is 18.2 Å². The van der Waals surface area contributed by atoms with Crippen molar-refractivity contribution in [3.05, 3.63) is 11.1 Å². The molecule has 1 aromatic heterocycles. The smallest absolute Gasteiger partial charge is 0.273 e. The number of ether oxygens (including phenoxy) is 1. The van der Waals surface area contributed by atoms with Gasteiger partial charge in [0, 0.05) is 18.4 Å². The van der Waals surface area contributed by atoms with Crippen LogP contribution in [0.3, 0.4) is 0 Å². The molecule has 14 heavy (non-hydrogen) atoms. The molecule has 1 heterocycles. The van der Waals surface area contributed by atoms with Gasteiger partial charge in [0.05, 0.1) is 12.6 Å². The zero-order valence-corrected chi connectivity index (χ0v) is 9.14. The molecule has 7 heteroatoms. The van der Waals surface area contributed by atoms with Gasteiger partial charge >= 0.3 is 0 Å². The van der Waals surface area contributed by atoms with Gasteiger partial charge in [-0.05, 0) is 11.5 Å². The monoisotopic (exact) mass is 235 g/mol. The fraction of sp³-hybridized carbons (Fsp3) is 0.571. The van der Waals surface area contributed by atoms with Crippen molar-refractivity contribution in [2.24, 2.45) is 0 Å². The van der Waals surface area contributed by atoms with E-state index >= 15 is 0 Å². The number of rotatable bonds is 5. The number of hydrogen-bond acceptors (Lipinski definition) is 5. The molecule has 0 fully saturated rings. The summed E-state index contributed by atoms with van der Waals surface area (Å²) < 4.78 is 8.47. The third kappa shape index (κ3) is 3.21. The first-order valence-corrected chi connectivity index (χ1v) is 5.28. The van der Waals surface area contributed by atoms with Crippen molar-refractivity contribution >= 4 is 29.0 Å². The summed E-state index contributed by atoms with van der Waals surface area (Å²) in [7, 11) is 1.55. The number of nitrogens with one attached hydrogen (secondary N) is 1. The number of nitrogens with zero attached hydrogens (tertiary/aromatic N) is 2. The number of amides is 1. The van der Waals surface area contributed by atoms with Crippen molar-refractivity contribution in [3.8, 4) is 0 Å². The van der Waals surface area contributed by atoms with Crippen LogP contribution < -0.4 is 5.32 Å². The van der Waals surface area contributed by atoms with Gasteiger partial charge < -0.3 is 10.1 Å². The van der Waals surface area contributed by atoms with E-state index in [9.17, 15) is 4.79 Å². The van der Waals surface area contributed by atoms with E-state index in [1.165, 1.54) is 0 Å². The van der Waals surface area contributed by atoms with Crippen LogP contribution in [0, 0.1) is 0 Å². The van der Waals surface area contributed by atoms with Crippen LogP contribution in [0.1, 0.15) is 10.5 Å². The predicted molar refractivity (Wildman–Crippen MR) is 53.8 cm³/mol. The molecular weight excluding hydrogens is 226 g/mol. The number of alkyl halides is 1. The summed E-state index contributed by atoms with van der Waals surface area (Å²) in [5.41, 5.74) is 0.307. The lowest BCUT2D eigenvalue weighted by molar-refractivity contribution is 0.0902. The third-order valence-electron chi connectivity index (χ3n) is 1.48. The zero-order chi connectivity index (χ0) is 10.4. The van der Waals surface area contributed by atoms with Crippen LogP contribution in [0.25, 0.3) is 0 Å². The largest absolute Gasteiger partial charge is 0.383 e. The standard InChI is InChI=1S/C7H10ClN3O2S/c1-13-3-5(2-8)9-7(12)6-4-14-11-10-6/h4-5H,2-3H2,1H3,(H,9,12). The van der Waals surface area contributed by atoms with E-state index in [-0.39, 0.29) is 11.9 Å². The minimum absolute atomic E-state index is 0.198. The Labute approximate surface area is 90.6 Å². The van der Waals surface area contributed by atoms with Crippen molar-refractivity contribution in [1.29, 1.82) is 0 Å². The van der Waals surface area contributed by atoms with Crippen molar-refractivity contribution in [3.63, 3.8) is 0 Å². The molecule has 1 amide bonds. The summed E-state index contributed by atoms with van der Waals surface area (Å²) in [4.78, 5) is 11.4. The van der Waals surface area contributed by atoms with Gasteiger partial charge in [-0.25, -0.2) is 0 Å². The van der Waals surface area contributed by atoms with Crippen LogP contribution >= 0.6 is 23.1 Å². The van der Waals surface area contributed by atoms with E-state index in [0.717, 1.165) is 11.5 Å². The first-order chi connectivity index (χ1) is 6.77. The Morgan fingerprint density at radius 1 is 1.86 bits per heavy atom. The lowest BCUT2D eigenvalue weighted by Crippen LogP contribution is -2.39. The second kappa shape index (κ2) is 5.90. The normalized spacial score (nSPS) is 12.4. The molecule has 0 aromatic carbocycles. The van der Waals surface area contributed by atoms with Gasteiger partial charge in [0.1, 0.15) is 0 Å². The van der Waals surface area contributed by atoms with Crippen molar-refractivity contribution < 1.29 is 9.53 Å². The third-order valence-corrected chi connectivity index (χ3v) is 2.36. The van der Waals surface area contributed by atoms with E-state index in [1.807, 2.05) is 0 Å². The highest BCUT2D eigenvalue weighted by Crippen LogP contribution is 1.98. The Morgan fingerprint density at radius 2 is 2.64 bits per heavy atom. The molecule has 0 aliphatic heterocycles. The molecule has 0 spiro atoms.